The Bertz CT molecular complexity index is 1100. The number of sulfonamides is 1. The topological polar surface area (TPSA) is 71.4 Å². The lowest BCUT2D eigenvalue weighted by atomic mass is 9.88. The summed E-state index contributed by atoms with van der Waals surface area (Å²) in [6.07, 6.45) is 0.984. The van der Waals surface area contributed by atoms with E-state index in [0.29, 0.717) is 10.7 Å². The van der Waals surface area contributed by atoms with Crippen LogP contribution in [0.25, 0.3) is 0 Å². The highest BCUT2D eigenvalue weighted by Crippen LogP contribution is 2.36. The fourth-order valence-electron chi connectivity index (χ4n) is 2.85. The SMILES string of the molecule is CCC(C)(C)c1sc(N/C(=N/S(=O)(=O)c2ccccc2)c2ccccc2)nc1C. The molecule has 0 saturated carbocycles. The lowest BCUT2D eigenvalue weighted by molar-refractivity contribution is 0.513. The number of rotatable bonds is 6. The predicted octanol–water partition coefficient (Wildman–Crippen LogP) is 5.39. The molecule has 0 aliphatic heterocycles. The molecular formula is C22H25N3O2S2. The molecule has 0 aliphatic rings. The smallest absolute Gasteiger partial charge is 0.284 e. The summed E-state index contributed by atoms with van der Waals surface area (Å²) in [6, 6.07) is 17.4. The molecule has 1 heterocycles. The fraction of sp³-hybridized carbons (Fsp3) is 0.273. The van der Waals surface area contributed by atoms with Crippen molar-refractivity contribution in [2.24, 2.45) is 4.40 Å². The minimum Gasteiger partial charge on any atom is -0.315 e. The molecule has 0 spiro atoms. The second-order valence-corrected chi connectivity index (χ2v) is 9.99. The van der Waals surface area contributed by atoms with E-state index < -0.39 is 10.0 Å². The van der Waals surface area contributed by atoms with Crippen molar-refractivity contribution in [2.45, 2.75) is 44.4 Å². The Balaban J connectivity index is 2.04. The molecule has 29 heavy (non-hydrogen) atoms. The number of nitrogens with zero attached hydrogens (tertiary/aromatic N) is 2. The van der Waals surface area contributed by atoms with Crippen LogP contribution in [0.5, 0.6) is 0 Å². The Morgan fingerprint density at radius 1 is 1.07 bits per heavy atom. The molecule has 1 aromatic heterocycles. The van der Waals surface area contributed by atoms with E-state index in [2.05, 4.69) is 35.5 Å². The van der Waals surface area contributed by atoms with E-state index in [1.165, 1.54) is 28.3 Å². The van der Waals surface area contributed by atoms with Gasteiger partial charge in [-0.15, -0.1) is 15.7 Å². The Labute approximate surface area is 176 Å². The van der Waals surface area contributed by atoms with Crippen molar-refractivity contribution in [3.8, 4) is 0 Å². The van der Waals surface area contributed by atoms with Crippen molar-refractivity contribution in [2.75, 3.05) is 5.32 Å². The number of hydrogen-bond donors (Lipinski definition) is 1. The molecule has 0 aliphatic carbocycles. The van der Waals surface area contributed by atoms with Gasteiger partial charge in [0, 0.05) is 15.9 Å². The van der Waals surface area contributed by atoms with E-state index in [4.69, 9.17) is 0 Å². The summed E-state index contributed by atoms with van der Waals surface area (Å²) in [5.74, 6) is 0.254. The summed E-state index contributed by atoms with van der Waals surface area (Å²) in [5, 5.41) is 3.79. The summed E-state index contributed by atoms with van der Waals surface area (Å²) in [4.78, 5) is 5.96. The van der Waals surface area contributed by atoms with Gasteiger partial charge in [-0.1, -0.05) is 69.3 Å². The van der Waals surface area contributed by atoms with Crippen LogP contribution in [0.15, 0.2) is 70.0 Å². The number of thiazole rings is 1. The molecular weight excluding hydrogens is 402 g/mol. The lowest BCUT2D eigenvalue weighted by Gasteiger charge is -2.21. The number of amidine groups is 1. The van der Waals surface area contributed by atoms with Gasteiger partial charge >= 0.3 is 0 Å². The van der Waals surface area contributed by atoms with Crippen LogP contribution >= 0.6 is 11.3 Å². The molecule has 0 radical (unpaired) electrons. The van der Waals surface area contributed by atoms with Crippen molar-refractivity contribution < 1.29 is 8.42 Å². The van der Waals surface area contributed by atoms with Crippen LogP contribution in [0.4, 0.5) is 5.13 Å². The molecule has 0 atom stereocenters. The average molecular weight is 428 g/mol. The first-order valence-corrected chi connectivity index (χ1v) is 11.7. The van der Waals surface area contributed by atoms with Gasteiger partial charge in [-0.05, 0) is 25.5 Å². The molecule has 0 saturated heterocycles. The second-order valence-electron chi connectivity index (χ2n) is 7.39. The van der Waals surface area contributed by atoms with Crippen molar-refractivity contribution >= 4 is 32.3 Å². The first-order valence-electron chi connectivity index (χ1n) is 9.43. The van der Waals surface area contributed by atoms with Crippen molar-refractivity contribution in [1.29, 1.82) is 0 Å². The van der Waals surface area contributed by atoms with Gasteiger partial charge in [0.05, 0.1) is 10.6 Å². The minimum atomic E-state index is -3.86. The van der Waals surface area contributed by atoms with Gasteiger partial charge < -0.3 is 5.32 Å². The molecule has 152 valence electrons. The third kappa shape index (κ3) is 4.92. The fourth-order valence-corrected chi connectivity index (χ4v) is 4.98. The Morgan fingerprint density at radius 3 is 2.24 bits per heavy atom. The Hall–Kier alpha value is -2.51. The van der Waals surface area contributed by atoms with Crippen LogP contribution in [0.1, 0.15) is 43.3 Å². The third-order valence-corrected chi connectivity index (χ3v) is 7.55. The highest BCUT2D eigenvalue weighted by Gasteiger charge is 2.25. The number of nitrogens with one attached hydrogen (secondary N) is 1. The van der Waals surface area contributed by atoms with Crippen LogP contribution in [0, 0.1) is 6.92 Å². The van der Waals surface area contributed by atoms with Crippen LogP contribution in [-0.2, 0) is 15.4 Å². The van der Waals surface area contributed by atoms with Gasteiger partial charge in [-0.3, -0.25) is 0 Å². The van der Waals surface area contributed by atoms with E-state index in [9.17, 15) is 8.42 Å². The normalized spacial score (nSPS) is 12.8. The summed E-state index contributed by atoms with van der Waals surface area (Å²) in [6.45, 7) is 8.50. The molecule has 7 heteroatoms. The first kappa shape index (κ1) is 21.2. The molecule has 3 rings (SSSR count). The van der Waals surface area contributed by atoms with Crippen molar-refractivity contribution in [3.63, 3.8) is 0 Å². The largest absolute Gasteiger partial charge is 0.315 e. The zero-order valence-corrected chi connectivity index (χ0v) is 18.6. The highest BCUT2D eigenvalue weighted by molar-refractivity contribution is 7.90. The average Bonchev–Trinajstić information content (AvgIpc) is 3.09. The van der Waals surface area contributed by atoms with Gasteiger partial charge in [0.1, 0.15) is 0 Å². The van der Waals surface area contributed by atoms with Crippen LogP contribution in [0.3, 0.4) is 0 Å². The van der Waals surface area contributed by atoms with Gasteiger partial charge in [0.2, 0.25) is 0 Å². The number of aryl methyl sites for hydroxylation is 1. The number of hydrogen-bond acceptors (Lipinski definition) is 4. The van der Waals surface area contributed by atoms with Gasteiger partial charge in [0.25, 0.3) is 10.0 Å². The minimum absolute atomic E-state index is 0.00183. The molecule has 0 unspecified atom stereocenters. The lowest BCUT2D eigenvalue weighted by Crippen LogP contribution is -2.16. The van der Waals surface area contributed by atoms with E-state index in [1.54, 1.807) is 18.2 Å². The Morgan fingerprint density at radius 2 is 1.66 bits per heavy atom. The molecule has 2 aromatic carbocycles. The van der Waals surface area contributed by atoms with Crippen LogP contribution in [-0.4, -0.2) is 19.2 Å². The quantitative estimate of drug-likeness (QED) is 0.423. The van der Waals surface area contributed by atoms with E-state index in [-0.39, 0.29) is 16.1 Å². The maximum Gasteiger partial charge on any atom is 0.284 e. The van der Waals surface area contributed by atoms with E-state index in [0.717, 1.165) is 12.1 Å². The number of benzene rings is 2. The maximum absolute atomic E-state index is 12.8. The van der Waals surface area contributed by atoms with Gasteiger partial charge in [-0.25, -0.2) is 4.98 Å². The second kappa shape index (κ2) is 8.47. The number of aromatic nitrogens is 1. The summed E-state index contributed by atoms with van der Waals surface area (Å²) in [7, 11) is -3.86. The number of anilines is 1. The molecule has 0 bridgehead atoms. The zero-order chi connectivity index (χ0) is 21.1. The molecule has 0 fully saturated rings. The molecule has 3 aromatic rings. The summed E-state index contributed by atoms with van der Waals surface area (Å²) >= 11 is 1.54. The summed E-state index contributed by atoms with van der Waals surface area (Å²) < 4.78 is 29.8. The molecule has 0 amide bonds. The monoisotopic (exact) mass is 427 g/mol. The molecule has 5 nitrogen and oxygen atoms in total. The van der Waals surface area contributed by atoms with Crippen molar-refractivity contribution in [1.82, 2.24) is 4.98 Å². The predicted molar refractivity (Wildman–Crippen MR) is 120 cm³/mol. The zero-order valence-electron chi connectivity index (χ0n) is 17.0. The van der Waals surface area contributed by atoms with E-state index in [1.807, 2.05) is 37.3 Å². The van der Waals surface area contributed by atoms with Gasteiger partial charge in [-0.2, -0.15) is 8.42 Å². The standard InChI is InChI=1S/C22H25N3O2S2/c1-5-22(3,4)19-16(2)23-21(28-19)24-20(17-12-8-6-9-13-17)25-29(26,27)18-14-10-7-11-15-18/h6-15H,5H2,1-4H3,(H,23,24,25). The maximum atomic E-state index is 12.8. The summed E-state index contributed by atoms with van der Waals surface area (Å²) in [5.41, 5.74) is 1.63. The highest BCUT2D eigenvalue weighted by atomic mass is 32.2. The van der Waals surface area contributed by atoms with Crippen molar-refractivity contribution in [3.05, 3.63) is 76.8 Å². The van der Waals surface area contributed by atoms with Crippen LogP contribution < -0.4 is 5.32 Å². The van der Waals surface area contributed by atoms with E-state index >= 15 is 0 Å². The van der Waals surface area contributed by atoms with Gasteiger partial charge in [0.15, 0.2) is 11.0 Å². The Kier molecular flexibility index (Phi) is 6.19. The van der Waals surface area contributed by atoms with Crippen LogP contribution in [0.2, 0.25) is 0 Å². The third-order valence-electron chi connectivity index (χ3n) is 4.82. The molecule has 1 N–H and O–H groups in total. The first-order chi connectivity index (χ1) is 13.7.